The van der Waals surface area contributed by atoms with E-state index in [-0.39, 0.29) is 23.1 Å². The van der Waals surface area contributed by atoms with Crippen molar-refractivity contribution >= 4 is 23.1 Å². The van der Waals surface area contributed by atoms with Gasteiger partial charge in [-0.15, -0.1) is 0 Å². The van der Waals surface area contributed by atoms with Crippen LogP contribution in [0.25, 0.3) is 5.70 Å². The summed E-state index contributed by atoms with van der Waals surface area (Å²) in [6, 6.07) is 2.09. The van der Waals surface area contributed by atoms with Crippen molar-refractivity contribution in [3.8, 4) is 5.88 Å². The SMILES string of the molecule is C/C=C\C=C(/C)Nc1cc(OC[C@@H]2CCCN2C)nc(/C(N)=C(\CCC)C(=O)[C@H]2CCCCC2=O)n1.CC.CC.CC. The average Bonchev–Trinajstić information content (AvgIpc) is 3.44. The van der Waals surface area contributed by atoms with Crippen LogP contribution in [-0.2, 0) is 9.59 Å². The standard InChI is InChI=1S/C28H41N5O3.3C2H6/c1-5-7-12-19(3)30-24-17-25(36-18-20-13-10-16-33(20)4)32-28(31-24)26(29)22(11-6-2)27(35)21-14-8-9-15-23(21)34;3*1-2/h5,7,12,17,20-21H,6,8-11,13-16,18,29H2,1-4H3,(H,30,31,32);3*1-2H3/b7-5-,19-12+,26-22-;;;/t20-,21-;;;/m0.../s1. The van der Waals surface area contributed by atoms with Crippen molar-refractivity contribution in [1.82, 2.24) is 14.9 Å². The van der Waals surface area contributed by atoms with Gasteiger partial charge in [0.2, 0.25) is 5.88 Å². The molecule has 2 aliphatic rings. The van der Waals surface area contributed by atoms with E-state index in [0.29, 0.717) is 49.2 Å². The lowest BCUT2D eigenvalue weighted by Gasteiger charge is -2.22. The van der Waals surface area contributed by atoms with Crippen LogP contribution >= 0.6 is 0 Å². The van der Waals surface area contributed by atoms with Crippen molar-refractivity contribution < 1.29 is 14.3 Å². The first-order chi connectivity index (χ1) is 20.3. The summed E-state index contributed by atoms with van der Waals surface area (Å²) in [4.78, 5) is 37.4. The van der Waals surface area contributed by atoms with Crippen molar-refractivity contribution in [3.05, 3.63) is 41.4 Å². The first-order valence-electron chi connectivity index (χ1n) is 16.2. The third-order valence-corrected chi connectivity index (χ3v) is 6.90. The predicted octanol–water partition coefficient (Wildman–Crippen LogP) is 7.72. The predicted molar refractivity (Wildman–Crippen MR) is 177 cm³/mol. The van der Waals surface area contributed by atoms with Crippen LogP contribution in [0.3, 0.4) is 0 Å². The minimum atomic E-state index is -0.611. The number of likely N-dealkylation sites (N-methyl/N-ethyl adjacent to an activating group) is 1. The molecule has 0 bridgehead atoms. The average molecular weight is 586 g/mol. The summed E-state index contributed by atoms with van der Waals surface area (Å²) >= 11 is 0. The van der Waals surface area contributed by atoms with Gasteiger partial charge in [-0.25, -0.2) is 4.98 Å². The van der Waals surface area contributed by atoms with Gasteiger partial charge in [0, 0.05) is 29.8 Å². The highest BCUT2D eigenvalue weighted by Crippen LogP contribution is 2.29. The molecule has 1 aliphatic heterocycles. The molecule has 0 amide bonds. The summed E-state index contributed by atoms with van der Waals surface area (Å²) in [7, 11) is 2.10. The molecule has 1 saturated carbocycles. The molecule has 0 unspecified atom stereocenters. The lowest BCUT2D eigenvalue weighted by molar-refractivity contribution is -0.132. The van der Waals surface area contributed by atoms with Crippen molar-refractivity contribution in [2.24, 2.45) is 11.7 Å². The number of ketones is 2. The maximum atomic E-state index is 13.4. The monoisotopic (exact) mass is 585 g/mol. The van der Waals surface area contributed by atoms with E-state index in [0.717, 1.165) is 44.3 Å². The fraction of sp³-hybridized carbons (Fsp3) is 0.647. The Morgan fingerprint density at radius 2 is 1.81 bits per heavy atom. The second kappa shape index (κ2) is 22.6. The second-order valence-corrected chi connectivity index (χ2v) is 9.77. The number of allylic oxidation sites excluding steroid dienone is 5. The number of carbonyl (C=O) groups is 2. The first-order valence-corrected chi connectivity index (χ1v) is 16.2. The minimum Gasteiger partial charge on any atom is -0.476 e. The number of aromatic nitrogens is 2. The van der Waals surface area contributed by atoms with Crippen LogP contribution in [0, 0.1) is 5.92 Å². The van der Waals surface area contributed by atoms with Crippen molar-refractivity contribution in [2.45, 2.75) is 120 Å². The van der Waals surface area contributed by atoms with Gasteiger partial charge in [-0.1, -0.05) is 73.5 Å². The smallest absolute Gasteiger partial charge is 0.219 e. The maximum Gasteiger partial charge on any atom is 0.219 e. The summed E-state index contributed by atoms with van der Waals surface area (Å²) < 4.78 is 6.10. The fourth-order valence-corrected chi connectivity index (χ4v) is 4.79. The molecular formula is C34H59N5O3. The van der Waals surface area contributed by atoms with E-state index in [2.05, 4.69) is 27.2 Å². The summed E-state index contributed by atoms with van der Waals surface area (Å²) in [5.74, 6) is 0.404. The number of ether oxygens (including phenoxy) is 1. The summed E-state index contributed by atoms with van der Waals surface area (Å²) in [5.41, 5.74) is 8.13. The summed E-state index contributed by atoms with van der Waals surface area (Å²) in [6.07, 6.45) is 12.0. The normalized spacial score (nSPS) is 19.4. The third-order valence-electron chi connectivity index (χ3n) is 6.90. The quantitative estimate of drug-likeness (QED) is 0.154. The van der Waals surface area contributed by atoms with Crippen LogP contribution in [0.5, 0.6) is 5.88 Å². The van der Waals surface area contributed by atoms with Crippen molar-refractivity contribution in [3.63, 3.8) is 0 Å². The second-order valence-electron chi connectivity index (χ2n) is 9.77. The van der Waals surface area contributed by atoms with Crippen LogP contribution in [-0.4, -0.2) is 52.7 Å². The minimum absolute atomic E-state index is 0.0124. The lowest BCUT2D eigenvalue weighted by Crippen LogP contribution is -2.31. The first kappa shape index (κ1) is 39.0. The van der Waals surface area contributed by atoms with Crippen LogP contribution in [0.1, 0.15) is 120 Å². The van der Waals surface area contributed by atoms with Crippen LogP contribution in [0.2, 0.25) is 0 Å². The lowest BCUT2D eigenvalue weighted by atomic mass is 9.81. The van der Waals surface area contributed by atoms with E-state index >= 15 is 0 Å². The summed E-state index contributed by atoms with van der Waals surface area (Å²) in [5, 5.41) is 3.27. The number of nitrogens with one attached hydrogen (secondary N) is 1. The van der Waals surface area contributed by atoms with Gasteiger partial charge < -0.3 is 20.7 Å². The van der Waals surface area contributed by atoms with Gasteiger partial charge in [0.25, 0.3) is 0 Å². The van der Waals surface area contributed by atoms with Gasteiger partial charge in [-0.3, -0.25) is 9.59 Å². The van der Waals surface area contributed by atoms with E-state index in [9.17, 15) is 9.59 Å². The molecule has 0 aromatic carbocycles. The van der Waals surface area contributed by atoms with Crippen molar-refractivity contribution in [1.29, 1.82) is 0 Å². The fourth-order valence-electron chi connectivity index (χ4n) is 4.79. The maximum absolute atomic E-state index is 13.4. The zero-order chi connectivity index (χ0) is 32.1. The Hall–Kier alpha value is -3.00. The Labute approximate surface area is 256 Å². The van der Waals surface area contributed by atoms with Gasteiger partial charge in [-0.05, 0) is 65.6 Å². The molecular weight excluding hydrogens is 526 g/mol. The molecule has 3 N–H and O–H groups in total. The van der Waals surface area contributed by atoms with E-state index in [4.69, 9.17) is 10.5 Å². The molecule has 2 fully saturated rings. The van der Waals surface area contributed by atoms with Gasteiger partial charge in [0.05, 0.1) is 11.6 Å². The molecule has 8 heteroatoms. The van der Waals surface area contributed by atoms with E-state index in [1.807, 2.05) is 80.5 Å². The number of nitrogens with zero attached hydrogens (tertiary/aromatic N) is 3. The Bertz CT molecular complexity index is 1030. The Kier molecular flexibility index (Phi) is 21.0. The highest BCUT2D eigenvalue weighted by molar-refractivity contribution is 6.13. The molecule has 2 heterocycles. The van der Waals surface area contributed by atoms with Crippen LogP contribution < -0.4 is 15.8 Å². The zero-order valence-corrected chi connectivity index (χ0v) is 28.2. The van der Waals surface area contributed by atoms with Crippen molar-refractivity contribution in [2.75, 3.05) is 25.5 Å². The topological polar surface area (TPSA) is 110 Å². The molecule has 1 aromatic heterocycles. The highest BCUT2D eigenvalue weighted by atomic mass is 16.5. The number of hydrogen-bond acceptors (Lipinski definition) is 8. The van der Waals surface area contributed by atoms with Crippen LogP contribution in [0.4, 0.5) is 5.82 Å². The number of likely N-dealkylation sites (tertiary alicyclic amines) is 1. The Morgan fingerprint density at radius 1 is 1.12 bits per heavy atom. The molecule has 2 atom stereocenters. The number of hydrogen-bond donors (Lipinski definition) is 2. The summed E-state index contributed by atoms with van der Waals surface area (Å²) in [6.45, 7) is 19.5. The molecule has 0 radical (unpaired) electrons. The molecule has 1 aliphatic carbocycles. The molecule has 42 heavy (non-hydrogen) atoms. The molecule has 1 saturated heterocycles. The van der Waals surface area contributed by atoms with E-state index < -0.39 is 5.92 Å². The number of anilines is 1. The number of nitrogens with two attached hydrogens (primary N) is 1. The van der Waals surface area contributed by atoms with E-state index in [1.165, 1.54) is 0 Å². The third kappa shape index (κ3) is 12.5. The van der Waals surface area contributed by atoms with Crippen LogP contribution in [0.15, 0.2) is 35.6 Å². The van der Waals surface area contributed by atoms with E-state index in [1.54, 1.807) is 6.07 Å². The molecule has 1 aromatic rings. The van der Waals surface area contributed by atoms with Gasteiger partial charge in [0.15, 0.2) is 11.6 Å². The number of Topliss-reactive ketones (excluding diaryl/α,β-unsaturated/α-hetero) is 2. The number of rotatable bonds is 11. The molecule has 238 valence electrons. The number of carbonyl (C=O) groups excluding carboxylic acids is 2. The molecule has 0 spiro atoms. The van der Waals surface area contributed by atoms with Gasteiger partial charge in [0.1, 0.15) is 18.2 Å². The van der Waals surface area contributed by atoms with Gasteiger partial charge >= 0.3 is 0 Å². The van der Waals surface area contributed by atoms with Gasteiger partial charge in [-0.2, -0.15) is 4.98 Å². The largest absolute Gasteiger partial charge is 0.476 e. The zero-order valence-electron chi connectivity index (χ0n) is 28.2. The molecule has 8 nitrogen and oxygen atoms in total. The molecule has 3 rings (SSSR count). The highest BCUT2D eigenvalue weighted by Gasteiger charge is 2.32. The Balaban J connectivity index is 0.00000263. The Morgan fingerprint density at radius 3 is 2.38 bits per heavy atom.